The number of hydrogen-bond acceptors (Lipinski definition) is 2. The summed E-state index contributed by atoms with van der Waals surface area (Å²) in [5.74, 6) is 0.627. The van der Waals surface area contributed by atoms with Gasteiger partial charge in [0, 0.05) is 12.7 Å². The van der Waals surface area contributed by atoms with Gasteiger partial charge in [0.2, 0.25) is 0 Å². The lowest BCUT2D eigenvalue weighted by atomic mass is 9.94. The molecule has 1 aliphatic carbocycles. The number of benzene rings is 1. The van der Waals surface area contributed by atoms with Gasteiger partial charge >= 0.3 is 0 Å². The smallest absolute Gasteiger partial charge is 0.140 e. The molecule has 0 amide bonds. The van der Waals surface area contributed by atoms with E-state index in [1.165, 1.54) is 35.2 Å². The van der Waals surface area contributed by atoms with E-state index in [-0.39, 0.29) is 0 Å². The molecular weight excluding hydrogens is 294 g/mol. The lowest BCUT2D eigenvalue weighted by Gasteiger charge is -2.13. The van der Waals surface area contributed by atoms with Gasteiger partial charge in [-0.25, -0.2) is 4.98 Å². The zero-order valence-electron chi connectivity index (χ0n) is 14.8. The number of aryl methyl sites for hydroxylation is 2. The molecule has 2 aromatic heterocycles. The number of aromatic nitrogens is 2. The number of hydrogen-bond donors (Lipinski definition) is 0. The molecule has 2 heterocycles. The van der Waals surface area contributed by atoms with E-state index in [1.54, 1.807) is 0 Å². The molecule has 0 saturated carbocycles. The van der Waals surface area contributed by atoms with Gasteiger partial charge in [0.25, 0.3) is 0 Å². The highest BCUT2D eigenvalue weighted by atomic mass is 15.1. The van der Waals surface area contributed by atoms with E-state index in [0.29, 0.717) is 5.92 Å². The van der Waals surface area contributed by atoms with Crippen LogP contribution >= 0.6 is 0 Å². The zero-order chi connectivity index (χ0) is 16.7. The summed E-state index contributed by atoms with van der Waals surface area (Å²) < 4.78 is 2.28. The van der Waals surface area contributed by atoms with E-state index in [9.17, 15) is 0 Å². The fraction of sp³-hybridized carbons (Fsp3) is 0.381. The maximum Gasteiger partial charge on any atom is 0.140 e. The number of imidazole rings is 1. The van der Waals surface area contributed by atoms with Gasteiger partial charge in [0.05, 0.1) is 11.4 Å². The largest absolute Gasteiger partial charge is 0.304 e. The first-order valence-corrected chi connectivity index (χ1v) is 8.81. The summed E-state index contributed by atoms with van der Waals surface area (Å²) in [5.41, 5.74) is 8.01. The highest BCUT2D eigenvalue weighted by Crippen LogP contribution is 2.36. The van der Waals surface area contributed by atoms with E-state index in [0.717, 1.165) is 24.3 Å². The summed E-state index contributed by atoms with van der Waals surface area (Å²) in [6.07, 6.45) is 5.70. The van der Waals surface area contributed by atoms with Gasteiger partial charge in [-0.15, -0.1) is 0 Å². The molecule has 1 aliphatic rings. The van der Waals surface area contributed by atoms with Gasteiger partial charge in [-0.3, -0.25) is 0 Å². The van der Waals surface area contributed by atoms with Crippen LogP contribution in [-0.4, -0.2) is 28.4 Å². The molecule has 124 valence electrons. The number of fused-ring (bicyclic) bond motifs is 2. The third-order valence-electron chi connectivity index (χ3n) is 5.22. The molecule has 0 spiro atoms. The minimum atomic E-state index is 0.627. The van der Waals surface area contributed by atoms with E-state index in [1.807, 2.05) is 0 Å². The van der Waals surface area contributed by atoms with Crippen LogP contribution in [0.1, 0.15) is 40.4 Å². The Morgan fingerprint density at radius 2 is 2.00 bits per heavy atom. The van der Waals surface area contributed by atoms with Crippen molar-refractivity contribution in [2.75, 3.05) is 14.1 Å². The van der Waals surface area contributed by atoms with Crippen molar-refractivity contribution >= 4 is 5.65 Å². The predicted octanol–water partition coefficient (Wildman–Crippen LogP) is 3.98. The van der Waals surface area contributed by atoms with Crippen LogP contribution in [-0.2, 0) is 19.4 Å². The van der Waals surface area contributed by atoms with Crippen LogP contribution in [0.15, 0.2) is 42.6 Å². The summed E-state index contributed by atoms with van der Waals surface area (Å²) in [6, 6.07) is 13.3. The highest BCUT2D eigenvalue weighted by molar-refractivity contribution is 5.52. The molecule has 0 fully saturated rings. The Balaban J connectivity index is 1.71. The van der Waals surface area contributed by atoms with Crippen LogP contribution in [0.5, 0.6) is 0 Å². The van der Waals surface area contributed by atoms with Gasteiger partial charge < -0.3 is 9.30 Å². The lowest BCUT2D eigenvalue weighted by Crippen LogP contribution is -2.13. The zero-order valence-corrected chi connectivity index (χ0v) is 14.8. The maximum atomic E-state index is 4.90. The minimum Gasteiger partial charge on any atom is -0.304 e. The Labute approximate surface area is 143 Å². The average Bonchev–Trinajstić information content (AvgIpc) is 3.10. The lowest BCUT2D eigenvalue weighted by molar-refractivity contribution is 0.394. The molecule has 0 aliphatic heterocycles. The van der Waals surface area contributed by atoms with Crippen molar-refractivity contribution in [1.29, 1.82) is 0 Å². The number of rotatable bonds is 4. The monoisotopic (exact) mass is 319 g/mol. The summed E-state index contributed by atoms with van der Waals surface area (Å²) in [4.78, 5) is 7.11. The first-order valence-electron chi connectivity index (χ1n) is 8.81. The van der Waals surface area contributed by atoms with Gasteiger partial charge in [-0.1, -0.05) is 30.3 Å². The molecule has 3 aromatic rings. The Morgan fingerprint density at radius 1 is 1.17 bits per heavy atom. The molecular formula is C21H25N3. The van der Waals surface area contributed by atoms with Crippen LogP contribution in [0.2, 0.25) is 0 Å². The van der Waals surface area contributed by atoms with Gasteiger partial charge in [0.15, 0.2) is 0 Å². The van der Waals surface area contributed by atoms with Crippen molar-refractivity contribution in [3.8, 4) is 0 Å². The second-order valence-electron chi connectivity index (χ2n) is 7.25. The molecule has 0 radical (unpaired) electrons. The van der Waals surface area contributed by atoms with Crippen molar-refractivity contribution in [2.24, 2.45) is 0 Å². The van der Waals surface area contributed by atoms with Crippen LogP contribution < -0.4 is 0 Å². The van der Waals surface area contributed by atoms with Crippen LogP contribution in [0.4, 0.5) is 0 Å². The summed E-state index contributed by atoms with van der Waals surface area (Å²) in [6.45, 7) is 3.04. The van der Waals surface area contributed by atoms with Crippen LogP contribution in [0.25, 0.3) is 5.65 Å². The van der Waals surface area contributed by atoms with Gasteiger partial charge in [-0.2, -0.15) is 0 Å². The number of nitrogens with zero attached hydrogens (tertiary/aromatic N) is 3. The van der Waals surface area contributed by atoms with Gasteiger partial charge in [-0.05, 0) is 69.0 Å². The highest BCUT2D eigenvalue weighted by Gasteiger charge is 2.23. The molecule has 0 bridgehead atoms. The Hall–Kier alpha value is -2.13. The fourth-order valence-electron chi connectivity index (χ4n) is 4.06. The van der Waals surface area contributed by atoms with Crippen molar-refractivity contribution in [3.63, 3.8) is 0 Å². The van der Waals surface area contributed by atoms with E-state index >= 15 is 0 Å². The molecule has 4 rings (SSSR count). The van der Waals surface area contributed by atoms with Crippen molar-refractivity contribution in [2.45, 2.75) is 38.6 Å². The van der Waals surface area contributed by atoms with E-state index in [4.69, 9.17) is 4.98 Å². The summed E-state index contributed by atoms with van der Waals surface area (Å²) in [5, 5.41) is 0. The molecule has 3 heteroatoms. The summed E-state index contributed by atoms with van der Waals surface area (Å²) in [7, 11) is 4.22. The average molecular weight is 319 g/mol. The molecule has 24 heavy (non-hydrogen) atoms. The Morgan fingerprint density at radius 3 is 2.83 bits per heavy atom. The predicted molar refractivity (Wildman–Crippen MR) is 98.5 cm³/mol. The quantitative estimate of drug-likeness (QED) is 0.725. The van der Waals surface area contributed by atoms with Crippen molar-refractivity contribution in [3.05, 3.63) is 70.7 Å². The van der Waals surface area contributed by atoms with Crippen LogP contribution in [0.3, 0.4) is 0 Å². The first-order chi connectivity index (χ1) is 11.6. The summed E-state index contributed by atoms with van der Waals surface area (Å²) >= 11 is 0. The standard InChI is InChI=1S/C21H25N3/c1-15-20(14-23(2)3)24-12-6-8-18(21(24)22-15)13-17-11-10-16-7-4-5-9-19(16)17/h4-9,12,17H,10-11,13-14H2,1-3H3. The Bertz CT molecular complexity index is 876. The fourth-order valence-corrected chi connectivity index (χ4v) is 4.06. The van der Waals surface area contributed by atoms with Crippen LogP contribution in [0, 0.1) is 6.92 Å². The minimum absolute atomic E-state index is 0.627. The van der Waals surface area contributed by atoms with E-state index < -0.39 is 0 Å². The maximum absolute atomic E-state index is 4.90. The van der Waals surface area contributed by atoms with Crippen molar-refractivity contribution in [1.82, 2.24) is 14.3 Å². The molecule has 3 nitrogen and oxygen atoms in total. The molecule has 0 N–H and O–H groups in total. The topological polar surface area (TPSA) is 20.5 Å². The van der Waals surface area contributed by atoms with Gasteiger partial charge in [0.1, 0.15) is 5.65 Å². The molecule has 0 saturated heterocycles. The third kappa shape index (κ3) is 2.63. The Kier molecular flexibility index (Phi) is 3.89. The molecule has 1 atom stereocenters. The first kappa shape index (κ1) is 15.4. The second kappa shape index (κ2) is 6.06. The number of pyridine rings is 1. The van der Waals surface area contributed by atoms with Crippen molar-refractivity contribution < 1.29 is 0 Å². The molecule has 1 unspecified atom stereocenters. The second-order valence-corrected chi connectivity index (χ2v) is 7.25. The molecule has 1 aromatic carbocycles. The normalized spacial score (nSPS) is 16.9. The third-order valence-corrected chi connectivity index (χ3v) is 5.22. The van der Waals surface area contributed by atoms with E-state index in [2.05, 4.69) is 72.9 Å². The SMILES string of the molecule is Cc1nc2c(CC3CCc4ccccc43)cccn2c1CN(C)C.